The van der Waals surface area contributed by atoms with E-state index >= 15 is 0 Å². The van der Waals surface area contributed by atoms with Crippen LogP contribution in [0.3, 0.4) is 0 Å². The summed E-state index contributed by atoms with van der Waals surface area (Å²) in [6.45, 7) is 0.246. The van der Waals surface area contributed by atoms with Gasteiger partial charge < -0.3 is 9.47 Å². The number of hydrogen-bond donors (Lipinski definition) is 0. The summed E-state index contributed by atoms with van der Waals surface area (Å²) in [7, 11) is 0. The van der Waals surface area contributed by atoms with Gasteiger partial charge in [-0.2, -0.15) is 0 Å². The minimum absolute atomic E-state index is 0.0551. The second kappa shape index (κ2) is 7.55. The van der Waals surface area contributed by atoms with Crippen molar-refractivity contribution in [2.45, 2.75) is 0 Å². The van der Waals surface area contributed by atoms with Crippen molar-refractivity contribution in [2.24, 2.45) is 0 Å². The van der Waals surface area contributed by atoms with Crippen LogP contribution < -0.4 is 14.9 Å². The maximum absolute atomic E-state index is 12.7. The molecule has 0 radical (unpaired) electrons. The molecule has 0 spiro atoms. The molecule has 4 heteroatoms. The molecular weight excluding hydrogens is 392 g/mol. The average Bonchev–Trinajstić information content (AvgIpc) is 2.77. The van der Waals surface area contributed by atoms with Crippen molar-refractivity contribution in [1.82, 2.24) is 0 Å². The Morgan fingerprint density at radius 3 is 2.27 bits per heavy atom. The van der Waals surface area contributed by atoms with Gasteiger partial charge in [0.2, 0.25) is 0 Å². The standard InChI is InChI=1S/C26H16O3S/c1-2-13-28-19-9-7-18-15-20(10-8-17(18)14-19)29-21-11-12-23-25(16-21)30-24-6-4-3-5-22(24)26(23)27/h1,3-12,14-16H,13H2. The van der Waals surface area contributed by atoms with Crippen LogP contribution >= 0.6 is 11.3 Å². The lowest BCUT2D eigenvalue weighted by Crippen LogP contribution is -2.00. The predicted octanol–water partition coefficient (Wildman–Crippen LogP) is 6.37. The lowest BCUT2D eigenvalue weighted by molar-refractivity contribution is 0.371. The van der Waals surface area contributed by atoms with E-state index in [1.165, 1.54) is 0 Å². The molecule has 0 aliphatic carbocycles. The fraction of sp³-hybridized carbons (Fsp3) is 0.0385. The molecule has 0 amide bonds. The van der Waals surface area contributed by atoms with Crippen LogP contribution in [-0.2, 0) is 0 Å². The minimum Gasteiger partial charge on any atom is -0.481 e. The molecule has 1 aromatic heterocycles. The summed E-state index contributed by atoms with van der Waals surface area (Å²) in [5.41, 5.74) is 0.0551. The van der Waals surface area contributed by atoms with Gasteiger partial charge in [-0.25, -0.2) is 0 Å². The first-order valence-corrected chi connectivity index (χ1v) is 10.3. The van der Waals surface area contributed by atoms with E-state index in [0.29, 0.717) is 11.1 Å². The van der Waals surface area contributed by atoms with Gasteiger partial charge in [0, 0.05) is 20.2 Å². The van der Waals surface area contributed by atoms with Gasteiger partial charge in [0.05, 0.1) is 0 Å². The highest BCUT2D eigenvalue weighted by molar-refractivity contribution is 7.24. The van der Waals surface area contributed by atoms with Gasteiger partial charge in [-0.1, -0.05) is 30.2 Å². The first-order chi connectivity index (χ1) is 14.7. The van der Waals surface area contributed by atoms with Crippen molar-refractivity contribution in [3.05, 3.63) is 89.1 Å². The topological polar surface area (TPSA) is 35.5 Å². The van der Waals surface area contributed by atoms with Gasteiger partial charge in [0.15, 0.2) is 5.43 Å². The Morgan fingerprint density at radius 2 is 1.43 bits per heavy atom. The van der Waals surface area contributed by atoms with Crippen LogP contribution in [0.1, 0.15) is 0 Å². The van der Waals surface area contributed by atoms with Gasteiger partial charge in [0.1, 0.15) is 23.9 Å². The number of hydrogen-bond acceptors (Lipinski definition) is 4. The molecule has 5 rings (SSSR count). The quantitative estimate of drug-likeness (QED) is 0.256. The van der Waals surface area contributed by atoms with Crippen molar-refractivity contribution in [3.8, 4) is 29.6 Å². The zero-order chi connectivity index (χ0) is 20.5. The van der Waals surface area contributed by atoms with Crippen LogP contribution in [0.5, 0.6) is 17.2 Å². The molecule has 0 aliphatic heterocycles. The third-order valence-electron chi connectivity index (χ3n) is 4.89. The van der Waals surface area contributed by atoms with E-state index in [-0.39, 0.29) is 12.0 Å². The van der Waals surface area contributed by atoms with E-state index in [2.05, 4.69) is 5.92 Å². The Morgan fingerprint density at radius 1 is 0.767 bits per heavy atom. The molecule has 0 aliphatic rings. The molecule has 0 unspecified atom stereocenters. The molecule has 0 saturated carbocycles. The average molecular weight is 408 g/mol. The molecular formula is C26H16O3S. The van der Waals surface area contributed by atoms with Crippen LogP contribution in [0.4, 0.5) is 0 Å². The smallest absolute Gasteiger partial charge is 0.195 e. The number of fused-ring (bicyclic) bond motifs is 3. The van der Waals surface area contributed by atoms with Crippen molar-refractivity contribution >= 4 is 42.3 Å². The third kappa shape index (κ3) is 3.36. The fourth-order valence-electron chi connectivity index (χ4n) is 3.46. The Hall–Kier alpha value is -3.81. The summed E-state index contributed by atoms with van der Waals surface area (Å²) in [6, 6.07) is 25.0. The molecule has 3 nitrogen and oxygen atoms in total. The highest BCUT2D eigenvalue weighted by Gasteiger charge is 2.08. The summed E-state index contributed by atoms with van der Waals surface area (Å²) in [4.78, 5) is 12.7. The molecule has 30 heavy (non-hydrogen) atoms. The number of benzene rings is 4. The summed E-state index contributed by atoms with van der Waals surface area (Å²) in [5.74, 6) is 4.63. The molecule has 4 aromatic carbocycles. The number of rotatable bonds is 4. The van der Waals surface area contributed by atoms with Crippen LogP contribution in [0.25, 0.3) is 30.9 Å². The maximum atomic E-state index is 12.7. The van der Waals surface area contributed by atoms with Gasteiger partial charge in [-0.3, -0.25) is 4.79 Å². The van der Waals surface area contributed by atoms with Crippen LogP contribution in [-0.4, -0.2) is 6.61 Å². The SMILES string of the molecule is C#CCOc1ccc2cc(Oc3ccc4c(=O)c5ccccc5sc4c3)ccc2c1. The lowest BCUT2D eigenvalue weighted by Gasteiger charge is -2.09. The largest absolute Gasteiger partial charge is 0.481 e. The third-order valence-corrected chi connectivity index (χ3v) is 6.02. The van der Waals surface area contributed by atoms with E-state index in [1.807, 2.05) is 78.9 Å². The maximum Gasteiger partial charge on any atom is 0.195 e. The van der Waals surface area contributed by atoms with Gasteiger partial charge in [-0.05, 0) is 65.4 Å². The lowest BCUT2D eigenvalue weighted by atomic mass is 10.1. The normalized spacial score (nSPS) is 10.9. The Labute approximate surface area is 177 Å². The Balaban J connectivity index is 1.48. The minimum atomic E-state index is 0.0551. The Bertz CT molecular complexity index is 1510. The molecule has 0 atom stereocenters. The molecule has 0 bridgehead atoms. The van der Waals surface area contributed by atoms with Gasteiger partial charge in [-0.15, -0.1) is 17.8 Å². The highest BCUT2D eigenvalue weighted by atomic mass is 32.1. The van der Waals surface area contributed by atoms with Crippen molar-refractivity contribution in [2.75, 3.05) is 6.61 Å². The van der Waals surface area contributed by atoms with E-state index < -0.39 is 0 Å². The molecule has 144 valence electrons. The monoisotopic (exact) mass is 408 g/mol. The van der Waals surface area contributed by atoms with Gasteiger partial charge in [0.25, 0.3) is 0 Å². The van der Waals surface area contributed by atoms with Crippen molar-refractivity contribution < 1.29 is 9.47 Å². The second-order valence-electron chi connectivity index (χ2n) is 6.85. The first-order valence-electron chi connectivity index (χ1n) is 9.45. The van der Waals surface area contributed by atoms with Crippen molar-refractivity contribution in [3.63, 3.8) is 0 Å². The first kappa shape index (κ1) is 18.2. The van der Waals surface area contributed by atoms with Crippen LogP contribution in [0, 0.1) is 12.3 Å². The van der Waals surface area contributed by atoms with Gasteiger partial charge >= 0.3 is 0 Å². The molecule has 0 fully saturated rings. The molecule has 5 aromatic rings. The zero-order valence-electron chi connectivity index (χ0n) is 15.9. The number of ether oxygens (including phenoxy) is 2. The summed E-state index contributed by atoms with van der Waals surface area (Å²) in [5, 5.41) is 3.55. The van der Waals surface area contributed by atoms with E-state index in [4.69, 9.17) is 15.9 Å². The predicted molar refractivity (Wildman–Crippen MR) is 124 cm³/mol. The molecule has 0 saturated heterocycles. The summed E-state index contributed by atoms with van der Waals surface area (Å²) in [6.07, 6.45) is 5.24. The number of terminal acetylenes is 1. The Kier molecular flexibility index (Phi) is 4.59. The van der Waals surface area contributed by atoms with E-state index in [0.717, 1.165) is 37.1 Å². The van der Waals surface area contributed by atoms with E-state index in [1.54, 1.807) is 11.3 Å². The second-order valence-corrected chi connectivity index (χ2v) is 7.93. The molecule has 1 heterocycles. The van der Waals surface area contributed by atoms with Crippen LogP contribution in [0.15, 0.2) is 83.7 Å². The van der Waals surface area contributed by atoms with Crippen molar-refractivity contribution in [1.29, 1.82) is 0 Å². The fourth-order valence-corrected chi connectivity index (χ4v) is 4.56. The molecule has 0 N–H and O–H groups in total. The zero-order valence-corrected chi connectivity index (χ0v) is 16.7. The summed E-state index contributed by atoms with van der Waals surface area (Å²) < 4.78 is 13.4. The van der Waals surface area contributed by atoms with Crippen LogP contribution in [0.2, 0.25) is 0 Å². The highest BCUT2D eigenvalue weighted by Crippen LogP contribution is 2.31. The summed E-state index contributed by atoms with van der Waals surface area (Å²) >= 11 is 1.59. The van der Waals surface area contributed by atoms with E-state index in [9.17, 15) is 4.79 Å².